The molecule has 1 aliphatic carbocycles. The smallest absolute Gasteiger partial charge is 0.287 e. The van der Waals surface area contributed by atoms with Crippen molar-refractivity contribution in [1.82, 2.24) is 0 Å². The van der Waals surface area contributed by atoms with Crippen LogP contribution >= 0.6 is 0 Å². The summed E-state index contributed by atoms with van der Waals surface area (Å²) in [6.45, 7) is 0.587. The summed E-state index contributed by atoms with van der Waals surface area (Å²) in [6, 6.07) is 8.88. The molecule has 0 radical (unpaired) electrons. The van der Waals surface area contributed by atoms with Crippen LogP contribution in [0.15, 0.2) is 18.2 Å². The Kier molecular flexibility index (Phi) is 3.63. The molecule has 0 heterocycles. The lowest BCUT2D eigenvalue weighted by Gasteiger charge is -2.23. The number of hydrogen-bond donors (Lipinski definition) is 0. The van der Waals surface area contributed by atoms with E-state index < -0.39 is 4.92 Å². The van der Waals surface area contributed by atoms with Crippen molar-refractivity contribution in [3.63, 3.8) is 0 Å². The lowest BCUT2D eigenvalue weighted by Crippen LogP contribution is -2.26. The molecule has 0 bridgehead atoms. The zero-order valence-electron chi connectivity index (χ0n) is 10.2. The van der Waals surface area contributed by atoms with Crippen LogP contribution in [0.3, 0.4) is 0 Å². The maximum atomic E-state index is 10.8. The quantitative estimate of drug-likeness (QED) is 0.595. The Morgan fingerprint density at radius 2 is 2.16 bits per heavy atom. The van der Waals surface area contributed by atoms with E-state index in [1.54, 1.807) is 6.07 Å². The first kappa shape index (κ1) is 12.8. The molecule has 19 heavy (non-hydrogen) atoms. The largest absolute Gasteiger partial charge is 0.367 e. The Labute approximate surface area is 110 Å². The number of anilines is 1. The van der Waals surface area contributed by atoms with Crippen LogP contribution in [0.5, 0.6) is 0 Å². The molecule has 0 amide bonds. The lowest BCUT2D eigenvalue weighted by molar-refractivity contribution is -0.385. The predicted molar refractivity (Wildman–Crippen MR) is 68.4 cm³/mol. The van der Waals surface area contributed by atoms with Gasteiger partial charge in [0.2, 0.25) is 0 Å². The van der Waals surface area contributed by atoms with Gasteiger partial charge in [-0.25, -0.2) is 0 Å². The molecule has 6 nitrogen and oxygen atoms in total. The predicted octanol–water partition coefficient (Wildman–Crippen LogP) is 2.35. The van der Waals surface area contributed by atoms with Crippen LogP contribution in [0.4, 0.5) is 11.4 Å². The number of nitrogens with zero attached hydrogens (tertiary/aromatic N) is 4. The van der Waals surface area contributed by atoms with Crippen molar-refractivity contribution in [2.24, 2.45) is 0 Å². The summed E-state index contributed by atoms with van der Waals surface area (Å²) < 4.78 is 0. The van der Waals surface area contributed by atoms with Gasteiger partial charge in [-0.2, -0.15) is 10.5 Å². The molecule has 0 N–H and O–H groups in total. The van der Waals surface area contributed by atoms with E-state index in [4.69, 9.17) is 10.5 Å². The van der Waals surface area contributed by atoms with Gasteiger partial charge in [-0.3, -0.25) is 10.1 Å². The van der Waals surface area contributed by atoms with Gasteiger partial charge < -0.3 is 4.90 Å². The molecule has 0 aromatic heterocycles. The third-order valence-corrected chi connectivity index (χ3v) is 3.08. The Balaban J connectivity index is 2.31. The van der Waals surface area contributed by atoms with Crippen LogP contribution in [-0.2, 0) is 0 Å². The van der Waals surface area contributed by atoms with E-state index in [1.165, 1.54) is 12.1 Å². The number of nitriles is 2. The van der Waals surface area contributed by atoms with E-state index in [0.29, 0.717) is 19.0 Å². The van der Waals surface area contributed by atoms with Gasteiger partial charge in [0.25, 0.3) is 5.69 Å². The van der Waals surface area contributed by atoms with Crippen LogP contribution in [0, 0.1) is 32.8 Å². The monoisotopic (exact) mass is 256 g/mol. The molecule has 0 atom stereocenters. The van der Waals surface area contributed by atoms with Gasteiger partial charge in [-0.15, -0.1) is 0 Å². The molecule has 96 valence electrons. The van der Waals surface area contributed by atoms with Gasteiger partial charge in [0.15, 0.2) is 0 Å². The summed E-state index contributed by atoms with van der Waals surface area (Å²) in [5.74, 6) is 0. The minimum Gasteiger partial charge on any atom is -0.367 e. The fourth-order valence-electron chi connectivity index (χ4n) is 2.03. The topological polar surface area (TPSA) is 94.0 Å². The van der Waals surface area contributed by atoms with Gasteiger partial charge >= 0.3 is 0 Å². The summed E-state index contributed by atoms with van der Waals surface area (Å²) in [7, 11) is 0. The van der Waals surface area contributed by atoms with Gasteiger partial charge in [-0.1, -0.05) is 0 Å². The van der Waals surface area contributed by atoms with Crippen molar-refractivity contribution < 1.29 is 4.92 Å². The highest BCUT2D eigenvalue weighted by molar-refractivity contribution is 5.60. The van der Waals surface area contributed by atoms with Crippen LogP contribution < -0.4 is 4.90 Å². The molecule has 2 rings (SSSR count). The fourth-order valence-corrected chi connectivity index (χ4v) is 2.03. The average Bonchev–Trinajstić information content (AvgIpc) is 3.23. The first-order valence-corrected chi connectivity index (χ1v) is 5.99. The van der Waals surface area contributed by atoms with Gasteiger partial charge in [0.05, 0.1) is 17.4 Å². The number of nitro benzene ring substituents is 1. The molecular formula is C13H12N4O2. The van der Waals surface area contributed by atoms with Crippen LogP contribution in [-0.4, -0.2) is 17.5 Å². The molecular weight excluding hydrogens is 244 g/mol. The number of rotatable bonds is 5. The Morgan fingerprint density at radius 1 is 1.42 bits per heavy atom. The average molecular weight is 256 g/mol. The zero-order chi connectivity index (χ0) is 13.8. The third kappa shape index (κ3) is 2.80. The van der Waals surface area contributed by atoms with Gasteiger partial charge in [0, 0.05) is 24.3 Å². The summed E-state index contributed by atoms with van der Waals surface area (Å²) in [5, 5.41) is 28.4. The van der Waals surface area contributed by atoms with E-state index in [-0.39, 0.29) is 11.3 Å². The van der Waals surface area contributed by atoms with E-state index in [1.807, 2.05) is 11.0 Å². The Hall–Kier alpha value is -2.60. The summed E-state index contributed by atoms with van der Waals surface area (Å²) in [5.41, 5.74) is 0.660. The maximum Gasteiger partial charge on any atom is 0.287 e. The minimum atomic E-state index is -0.556. The van der Waals surface area contributed by atoms with Crippen LogP contribution in [0.1, 0.15) is 24.8 Å². The number of benzene rings is 1. The third-order valence-electron chi connectivity index (χ3n) is 3.08. The standard InChI is InChI=1S/C13H12N4O2/c14-6-1-7-16(11-2-3-11)12-4-5-13(17(18)19)10(8-12)9-15/h4-5,8,11H,1-3,7H2. The molecule has 1 aliphatic rings. The number of hydrogen-bond acceptors (Lipinski definition) is 5. The minimum absolute atomic E-state index is 0.0603. The zero-order valence-corrected chi connectivity index (χ0v) is 10.2. The molecule has 0 spiro atoms. The van der Waals surface area contributed by atoms with E-state index in [0.717, 1.165) is 18.5 Å². The molecule has 1 saturated carbocycles. The molecule has 1 aromatic carbocycles. The van der Waals surface area contributed by atoms with Crippen molar-refractivity contribution in [1.29, 1.82) is 10.5 Å². The highest BCUT2D eigenvalue weighted by atomic mass is 16.6. The second-order valence-electron chi connectivity index (χ2n) is 4.40. The van der Waals surface area contributed by atoms with E-state index in [9.17, 15) is 10.1 Å². The Morgan fingerprint density at radius 3 is 2.68 bits per heavy atom. The highest BCUT2D eigenvalue weighted by Crippen LogP contribution is 2.33. The second-order valence-corrected chi connectivity index (χ2v) is 4.40. The molecule has 0 unspecified atom stereocenters. The molecule has 0 saturated heterocycles. The van der Waals surface area contributed by atoms with Crippen molar-refractivity contribution in [3.05, 3.63) is 33.9 Å². The normalized spacial score (nSPS) is 13.4. The Bertz CT molecular complexity index is 581. The highest BCUT2D eigenvalue weighted by Gasteiger charge is 2.29. The molecule has 0 aliphatic heterocycles. The summed E-state index contributed by atoms with van der Waals surface area (Å²) in [4.78, 5) is 12.3. The van der Waals surface area contributed by atoms with Crippen LogP contribution in [0.25, 0.3) is 0 Å². The molecule has 1 aromatic rings. The van der Waals surface area contributed by atoms with Crippen molar-refractivity contribution in [2.45, 2.75) is 25.3 Å². The lowest BCUT2D eigenvalue weighted by atomic mass is 10.1. The van der Waals surface area contributed by atoms with Gasteiger partial charge in [-0.05, 0) is 25.0 Å². The second kappa shape index (κ2) is 5.36. The van der Waals surface area contributed by atoms with Crippen molar-refractivity contribution >= 4 is 11.4 Å². The molecule has 6 heteroatoms. The van der Waals surface area contributed by atoms with Gasteiger partial charge in [0.1, 0.15) is 11.6 Å². The van der Waals surface area contributed by atoms with E-state index in [2.05, 4.69) is 6.07 Å². The SMILES string of the molecule is N#CCCN(c1ccc([N+](=O)[O-])c(C#N)c1)C1CC1. The fraction of sp³-hybridized carbons (Fsp3) is 0.385. The number of nitro groups is 1. The summed E-state index contributed by atoms with van der Waals surface area (Å²) in [6.07, 6.45) is 2.52. The van der Waals surface area contributed by atoms with E-state index >= 15 is 0 Å². The molecule has 1 fully saturated rings. The first-order chi connectivity index (χ1) is 9.17. The van der Waals surface area contributed by atoms with Crippen molar-refractivity contribution in [3.8, 4) is 12.1 Å². The summed E-state index contributed by atoms with van der Waals surface area (Å²) >= 11 is 0. The maximum absolute atomic E-state index is 10.8. The van der Waals surface area contributed by atoms with Crippen molar-refractivity contribution in [2.75, 3.05) is 11.4 Å². The van der Waals surface area contributed by atoms with Crippen LogP contribution in [0.2, 0.25) is 0 Å². The first-order valence-electron chi connectivity index (χ1n) is 5.99.